The van der Waals surface area contributed by atoms with E-state index in [1.165, 1.54) is 68.9 Å². The molecule has 192 valence electrons. The van der Waals surface area contributed by atoms with Gasteiger partial charge in [0.25, 0.3) is 6.01 Å². The lowest BCUT2D eigenvalue weighted by Crippen LogP contribution is -2.24. The van der Waals surface area contributed by atoms with E-state index in [2.05, 4.69) is 21.9 Å². The van der Waals surface area contributed by atoms with E-state index in [4.69, 9.17) is 27.5 Å². The van der Waals surface area contributed by atoms with Crippen molar-refractivity contribution >= 4 is 34.2 Å². The van der Waals surface area contributed by atoms with Gasteiger partial charge >= 0.3 is 6.18 Å². The molecule has 5 rings (SSSR count). The van der Waals surface area contributed by atoms with Crippen molar-refractivity contribution in [1.82, 2.24) is 14.9 Å². The Morgan fingerprint density at radius 3 is 2.14 bits per heavy atom. The first kappa shape index (κ1) is 27.2. The minimum atomic E-state index is -4.50. The molecule has 0 saturated carbocycles. The Labute approximate surface area is 210 Å². The molecule has 2 aromatic heterocycles. The maximum Gasteiger partial charge on any atom is 0.433 e. The zero-order valence-corrected chi connectivity index (χ0v) is 20.3. The Bertz CT molecular complexity index is 1270. The van der Waals surface area contributed by atoms with Crippen LogP contribution >= 0.6 is 11.6 Å². The van der Waals surface area contributed by atoms with E-state index in [0.29, 0.717) is 16.1 Å². The predicted octanol–water partition coefficient (Wildman–Crippen LogP) is 6.65. The fraction of sp³-hybridized carbons (Fsp3) is 0.280. The fourth-order valence-electron chi connectivity index (χ4n) is 3.46. The van der Waals surface area contributed by atoms with E-state index >= 15 is 0 Å². The molecule has 0 aliphatic carbocycles. The highest BCUT2D eigenvalue weighted by Gasteiger charge is 2.33. The molecule has 2 aromatic carbocycles. The summed E-state index contributed by atoms with van der Waals surface area (Å²) >= 11 is 5.71. The van der Waals surface area contributed by atoms with Crippen LogP contribution in [0, 0.1) is 5.82 Å². The van der Waals surface area contributed by atoms with E-state index in [1.54, 1.807) is 12.1 Å². The van der Waals surface area contributed by atoms with E-state index in [1.807, 2.05) is 0 Å². The summed E-state index contributed by atoms with van der Waals surface area (Å²) in [7, 11) is 2.19. The third-order valence-corrected chi connectivity index (χ3v) is 5.57. The van der Waals surface area contributed by atoms with Gasteiger partial charge in [-0.05, 0) is 81.5 Å². The maximum atomic E-state index is 12.5. The first-order valence-corrected chi connectivity index (χ1v) is 11.5. The van der Waals surface area contributed by atoms with Crippen molar-refractivity contribution in [3.05, 3.63) is 71.3 Å². The van der Waals surface area contributed by atoms with Crippen LogP contribution in [0.2, 0.25) is 5.02 Å². The zero-order valence-electron chi connectivity index (χ0n) is 19.5. The number of hydrogen-bond donors (Lipinski definition) is 2. The van der Waals surface area contributed by atoms with Crippen molar-refractivity contribution in [1.29, 1.82) is 0 Å². The number of anilines is 2. The second kappa shape index (κ2) is 12.0. The fourth-order valence-corrected chi connectivity index (χ4v) is 3.63. The number of benzene rings is 2. The van der Waals surface area contributed by atoms with Gasteiger partial charge in [0.2, 0.25) is 0 Å². The normalized spacial score (nSPS) is 13.9. The molecule has 3 heterocycles. The molecule has 1 aliphatic heterocycles. The molecule has 0 unspecified atom stereocenters. The van der Waals surface area contributed by atoms with Crippen LogP contribution < -0.4 is 11.5 Å². The number of nitrogens with zero attached hydrogens (tertiary/aromatic N) is 3. The van der Waals surface area contributed by atoms with E-state index in [0.717, 1.165) is 11.6 Å². The lowest BCUT2D eigenvalue weighted by molar-refractivity contribution is -0.140. The number of nitrogens with two attached hydrogens (primary N) is 2. The summed E-state index contributed by atoms with van der Waals surface area (Å²) in [4.78, 5) is 9.78. The van der Waals surface area contributed by atoms with E-state index < -0.39 is 11.9 Å². The number of nitrogen functional groups attached to an aromatic ring is 2. The van der Waals surface area contributed by atoms with Gasteiger partial charge in [0.05, 0.1) is 5.52 Å². The molecule has 0 atom stereocenters. The summed E-state index contributed by atoms with van der Waals surface area (Å²) in [5, 5.41) is 0.821. The molecule has 1 saturated heterocycles. The minimum Gasteiger partial charge on any atom is -0.432 e. The van der Waals surface area contributed by atoms with Gasteiger partial charge in [-0.25, -0.2) is 9.37 Å². The Kier molecular flexibility index (Phi) is 9.11. The van der Waals surface area contributed by atoms with Gasteiger partial charge in [0.1, 0.15) is 23.5 Å². The smallest absolute Gasteiger partial charge is 0.432 e. The molecule has 0 bridgehead atoms. The summed E-state index contributed by atoms with van der Waals surface area (Å²) in [6, 6.07) is 11.2. The van der Waals surface area contributed by atoms with Crippen molar-refractivity contribution in [3.8, 4) is 11.3 Å². The molecule has 0 spiro atoms. The summed E-state index contributed by atoms with van der Waals surface area (Å²) in [6.45, 7) is 2.64. The molecule has 0 radical (unpaired) electrons. The van der Waals surface area contributed by atoms with E-state index in [9.17, 15) is 17.6 Å². The Balaban J connectivity index is 0.000000162. The van der Waals surface area contributed by atoms with Gasteiger partial charge in [0, 0.05) is 21.7 Å². The van der Waals surface area contributed by atoms with Gasteiger partial charge in [-0.3, -0.25) is 0 Å². The van der Waals surface area contributed by atoms with Crippen LogP contribution in [-0.2, 0) is 6.18 Å². The number of fused-ring (bicyclic) bond motifs is 1. The predicted molar refractivity (Wildman–Crippen MR) is 134 cm³/mol. The Morgan fingerprint density at radius 1 is 0.944 bits per heavy atom. The highest BCUT2D eigenvalue weighted by molar-refractivity contribution is 6.31. The van der Waals surface area contributed by atoms with Gasteiger partial charge < -0.3 is 20.8 Å². The average Bonchev–Trinajstić information content (AvgIpc) is 3.27. The highest BCUT2D eigenvalue weighted by atomic mass is 35.5. The number of oxazole rings is 1. The summed E-state index contributed by atoms with van der Waals surface area (Å²) in [5.41, 5.74) is 11.4. The number of pyridine rings is 1. The number of likely N-dealkylation sites (tertiary alicyclic amines) is 1. The Morgan fingerprint density at radius 2 is 1.61 bits per heavy atom. The molecule has 36 heavy (non-hydrogen) atoms. The second-order valence-electron chi connectivity index (χ2n) is 8.20. The van der Waals surface area contributed by atoms with Gasteiger partial charge in [0.15, 0.2) is 0 Å². The second-order valence-corrected chi connectivity index (χ2v) is 8.63. The summed E-state index contributed by atoms with van der Waals surface area (Å²) in [6.07, 6.45) is 1.21. The van der Waals surface area contributed by atoms with Crippen molar-refractivity contribution in [2.45, 2.75) is 25.4 Å². The molecule has 1 aliphatic rings. The first-order valence-electron chi connectivity index (χ1n) is 11.1. The van der Waals surface area contributed by atoms with Crippen LogP contribution in [0.3, 0.4) is 0 Å². The van der Waals surface area contributed by atoms with E-state index in [-0.39, 0.29) is 23.0 Å². The van der Waals surface area contributed by atoms with Crippen LogP contribution in [0.25, 0.3) is 22.2 Å². The number of alkyl halides is 3. The molecule has 6 nitrogen and oxygen atoms in total. The van der Waals surface area contributed by atoms with Gasteiger partial charge in [-0.1, -0.05) is 18.0 Å². The van der Waals surface area contributed by atoms with Crippen molar-refractivity contribution in [3.63, 3.8) is 0 Å². The van der Waals surface area contributed by atoms with Crippen LogP contribution in [0.4, 0.5) is 29.3 Å². The van der Waals surface area contributed by atoms with Crippen molar-refractivity contribution in [2.24, 2.45) is 0 Å². The third kappa shape index (κ3) is 7.82. The first-order chi connectivity index (χ1) is 17.0. The number of piperidine rings is 1. The number of aromatic nitrogens is 2. The van der Waals surface area contributed by atoms with Gasteiger partial charge in [-0.2, -0.15) is 18.2 Å². The molecule has 4 aromatic rings. The van der Waals surface area contributed by atoms with Crippen molar-refractivity contribution in [2.75, 3.05) is 31.6 Å². The monoisotopic (exact) mass is 523 g/mol. The molecule has 0 amide bonds. The quantitative estimate of drug-likeness (QED) is 0.271. The molecule has 4 N–H and O–H groups in total. The van der Waals surface area contributed by atoms with Crippen molar-refractivity contribution < 1.29 is 22.0 Å². The molecular formula is C25H26ClF4N5O. The average molecular weight is 524 g/mol. The lowest BCUT2D eigenvalue weighted by atomic mass is 10.1. The highest BCUT2D eigenvalue weighted by Crippen LogP contribution is 2.32. The van der Waals surface area contributed by atoms with Crippen LogP contribution in [0.15, 0.2) is 59.2 Å². The molecule has 1 fully saturated rings. The minimum absolute atomic E-state index is 0.0137. The number of hydrogen-bond acceptors (Lipinski definition) is 6. The topological polar surface area (TPSA) is 94.2 Å². The number of halogens is 5. The van der Waals surface area contributed by atoms with Gasteiger partial charge in [-0.15, -0.1) is 0 Å². The standard InChI is InChI=1S/C10H6ClF3N2.C9H7FN2O.C6H13N/c11-5-1-2-8-6(3-5)7(15)4-9(16-8)10(12,13)14;10-7-3-1-6(2-4-7)8-5-13-9(11)12-8;1-7-5-3-2-4-6-7/h1-4H,(H2,15,16);1-5H,(H2,11,12);2-6H2,1H3. The maximum absolute atomic E-state index is 12.5. The van der Waals surface area contributed by atoms with Crippen LogP contribution in [-0.4, -0.2) is 35.0 Å². The van der Waals surface area contributed by atoms with Crippen LogP contribution in [0.1, 0.15) is 25.0 Å². The largest absolute Gasteiger partial charge is 0.433 e. The molecule has 11 heteroatoms. The summed E-state index contributed by atoms with van der Waals surface area (Å²) < 4.78 is 54.7. The molecular weight excluding hydrogens is 498 g/mol. The summed E-state index contributed by atoms with van der Waals surface area (Å²) in [5.74, 6) is -0.278. The zero-order chi connectivity index (χ0) is 26.3. The SMILES string of the molecule is CN1CCCCC1.Nc1cc(C(F)(F)F)nc2ccc(Cl)cc12.Nc1nc(-c2ccc(F)cc2)co1. The lowest BCUT2D eigenvalue weighted by Gasteiger charge is -2.20. The third-order valence-electron chi connectivity index (χ3n) is 5.33. The van der Waals surface area contributed by atoms with Crippen LogP contribution in [0.5, 0.6) is 0 Å². The number of rotatable bonds is 1. The Hall–Kier alpha value is -3.37.